The molecule has 2 heteroatoms. The highest BCUT2D eigenvalue weighted by Gasteiger charge is 2.42. The van der Waals surface area contributed by atoms with Crippen molar-refractivity contribution >= 4 is 0 Å². The monoisotopic (exact) mass is 264 g/mol. The van der Waals surface area contributed by atoms with E-state index in [1.54, 1.807) is 0 Å². The molecule has 19 heavy (non-hydrogen) atoms. The molecule has 0 aromatic rings. The second-order valence-electron chi connectivity index (χ2n) is 8.10. The van der Waals surface area contributed by atoms with Gasteiger partial charge in [-0.05, 0) is 62.4 Å². The molecule has 2 heterocycles. The van der Waals surface area contributed by atoms with Crippen LogP contribution in [0.3, 0.4) is 0 Å². The Morgan fingerprint density at radius 2 is 1.84 bits per heavy atom. The third kappa shape index (κ3) is 2.85. The Morgan fingerprint density at radius 1 is 1.00 bits per heavy atom. The average Bonchev–Trinajstić information content (AvgIpc) is 2.39. The fourth-order valence-corrected chi connectivity index (χ4v) is 5.04. The number of hydrogen-bond donors (Lipinski definition) is 1. The van der Waals surface area contributed by atoms with Gasteiger partial charge in [0.25, 0.3) is 0 Å². The van der Waals surface area contributed by atoms with E-state index >= 15 is 0 Å². The molecule has 0 bridgehead atoms. The van der Waals surface area contributed by atoms with Crippen LogP contribution in [-0.4, -0.2) is 37.1 Å². The van der Waals surface area contributed by atoms with Gasteiger partial charge in [-0.25, -0.2) is 0 Å². The van der Waals surface area contributed by atoms with E-state index in [1.807, 2.05) is 0 Å². The highest BCUT2D eigenvalue weighted by atomic mass is 15.2. The predicted octanol–water partition coefficient (Wildman–Crippen LogP) is 3.42. The molecule has 1 aliphatic carbocycles. The number of nitrogens with zero attached hydrogens (tertiary/aromatic N) is 1. The maximum atomic E-state index is 3.66. The molecule has 0 aromatic carbocycles. The molecular weight excluding hydrogens is 232 g/mol. The number of hydrogen-bond acceptors (Lipinski definition) is 2. The smallest absolute Gasteiger partial charge is 0.0147 e. The lowest BCUT2D eigenvalue weighted by molar-refractivity contribution is -0.0193. The number of rotatable bonds is 1. The number of piperidine rings is 2. The first-order valence-electron chi connectivity index (χ1n) is 8.56. The van der Waals surface area contributed by atoms with Crippen LogP contribution in [0.15, 0.2) is 0 Å². The van der Waals surface area contributed by atoms with Gasteiger partial charge in [0, 0.05) is 19.1 Å². The van der Waals surface area contributed by atoms with Crippen molar-refractivity contribution in [2.24, 2.45) is 10.8 Å². The summed E-state index contributed by atoms with van der Waals surface area (Å²) < 4.78 is 0. The molecule has 2 atom stereocenters. The van der Waals surface area contributed by atoms with Crippen molar-refractivity contribution < 1.29 is 0 Å². The SMILES string of the molecule is CC1(C)CCCCC1N1CCCC2(CCCNC2)C1. The summed E-state index contributed by atoms with van der Waals surface area (Å²) in [5.41, 5.74) is 1.16. The first kappa shape index (κ1) is 13.9. The van der Waals surface area contributed by atoms with E-state index in [1.165, 1.54) is 77.5 Å². The summed E-state index contributed by atoms with van der Waals surface area (Å²) in [6.45, 7) is 10.3. The standard InChI is InChI=1S/C17H32N2/c1-16(2)8-4-3-7-15(16)19-12-6-10-17(14-19)9-5-11-18-13-17/h15,18H,3-14H2,1-2H3. The molecular formula is C17H32N2. The van der Waals surface area contributed by atoms with E-state index in [2.05, 4.69) is 24.1 Å². The molecule has 1 N–H and O–H groups in total. The molecule has 110 valence electrons. The molecule has 2 aliphatic heterocycles. The van der Waals surface area contributed by atoms with Crippen molar-refractivity contribution in [3.05, 3.63) is 0 Å². The number of likely N-dealkylation sites (tertiary alicyclic amines) is 1. The van der Waals surface area contributed by atoms with Gasteiger partial charge in [-0.2, -0.15) is 0 Å². The molecule has 2 saturated heterocycles. The summed E-state index contributed by atoms with van der Waals surface area (Å²) in [4.78, 5) is 2.88. The van der Waals surface area contributed by atoms with E-state index in [4.69, 9.17) is 0 Å². The van der Waals surface area contributed by atoms with Crippen LogP contribution in [0.4, 0.5) is 0 Å². The van der Waals surface area contributed by atoms with Crippen molar-refractivity contribution in [1.29, 1.82) is 0 Å². The third-order valence-electron chi connectivity index (χ3n) is 6.14. The first-order chi connectivity index (χ1) is 9.11. The Kier molecular flexibility index (Phi) is 3.92. The lowest BCUT2D eigenvalue weighted by Gasteiger charge is -2.52. The minimum Gasteiger partial charge on any atom is -0.316 e. The Morgan fingerprint density at radius 3 is 2.58 bits per heavy atom. The highest BCUT2D eigenvalue weighted by Crippen LogP contribution is 2.43. The molecule has 1 spiro atoms. The molecule has 0 amide bonds. The van der Waals surface area contributed by atoms with Crippen LogP contribution in [0.1, 0.15) is 65.2 Å². The van der Waals surface area contributed by atoms with Crippen LogP contribution in [0.25, 0.3) is 0 Å². The lowest BCUT2D eigenvalue weighted by atomic mass is 9.69. The number of nitrogens with one attached hydrogen (secondary N) is 1. The average molecular weight is 264 g/mol. The summed E-state index contributed by atoms with van der Waals surface area (Å²) in [5.74, 6) is 0. The maximum absolute atomic E-state index is 3.66. The van der Waals surface area contributed by atoms with Crippen LogP contribution in [0, 0.1) is 10.8 Å². The predicted molar refractivity (Wildman–Crippen MR) is 81.4 cm³/mol. The molecule has 2 nitrogen and oxygen atoms in total. The van der Waals surface area contributed by atoms with E-state index in [-0.39, 0.29) is 0 Å². The Labute approximate surface area is 119 Å². The van der Waals surface area contributed by atoms with Gasteiger partial charge < -0.3 is 5.32 Å². The lowest BCUT2D eigenvalue weighted by Crippen LogP contribution is -2.57. The van der Waals surface area contributed by atoms with Crippen molar-refractivity contribution in [2.75, 3.05) is 26.2 Å². The van der Waals surface area contributed by atoms with E-state index < -0.39 is 0 Å². The van der Waals surface area contributed by atoms with Gasteiger partial charge in [-0.3, -0.25) is 4.90 Å². The fourth-order valence-electron chi connectivity index (χ4n) is 5.04. The van der Waals surface area contributed by atoms with Gasteiger partial charge in [-0.1, -0.05) is 26.7 Å². The van der Waals surface area contributed by atoms with Crippen LogP contribution >= 0.6 is 0 Å². The highest BCUT2D eigenvalue weighted by molar-refractivity contribution is 4.97. The summed E-state index contributed by atoms with van der Waals surface area (Å²) >= 11 is 0. The molecule has 2 unspecified atom stereocenters. The van der Waals surface area contributed by atoms with Crippen molar-refractivity contribution in [1.82, 2.24) is 10.2 Å². The molecule has 1 saturated carbocycles. The zero-order chi connectivity index (χ0) is 13.3. The zero-order valence-electron chi connectivity index (χ0n) is 13.0. The van der Waals surface area contributed by atoms with E-state index in [0.29, 0.717) is 10.8 Å². The van der Waals surface area contributed by atoms with Crippen molar-refractivity contribution in [3.63, 3.8) is 0 Å². The second-order valence-corrected chi connectivity index (χ2v) is 8.10. The van der Waals surface area contributed by atoms with Crippen LogP contribution in [0.2, 0.25) is 0 Å². The third-order valence-corrected chi connectivity index (χ3v) is 6.14. The Hall–Kier alpha value is -0.0800. The molecule has 0 aromatic heterocycles. The molecule has 3 aliphatic rings. The summed E-state index contributed by atoms with van der Waals surface area (Å²) in [5, 5.41) is 3.66. The molecule has 3 rings (SSSR count). The maximum Gasteiger partial charge on any atom is 0.0147 e. The minimum absolute atomic E-state index is 0.541. The largest absolute Gasteiger partial charge is 0.316 e. The second kappa shape index (κ2) is 5.37. The summed E-state index contributed by atoms with van der Waals surface area (Å²) in [6, 6.07) is 0.848. The minimum atomic E-state index is 0.541. The summed E-state index contributed by atoms with van der Waals surface area (Å²) in [6.07, 6.45) is 11.5. The quantitative estimate of drug-likeness (QED) is 0.780. The van der Waals surface area contributed by atoms with Gasteiger partial charge in [0.15, 0.2) is 0 Å². The topological polar surface area (TPSA) is 15.3 Å². The Bertz CT molecular complexity index is 299. The Balaban J connectivity index is 1.70. The van der Waals surface area contributed by atoms with Gasteiger partial charge in [0.1, 0.15) is 0 Å². The molecule has 3 fully saturated rings. The van der Waals surface area contributed by atoms with Crippen molar-refractivity contribution in [2.45, 2.75) is 71.3 Å². The van der Waals surface area contributed by atoms with Gasteiger partial charge in [0.2, 0.25) is 0 Å². The van der Waals surface area contributed by atoms with Gasteiger partial charge in [0.05, 0.1) is 0 Å². The normalized spacial score (nSPS) is 40.4. The van der Waals surface area contributed by atoms with E-state index in [0.717, 1.165) is 6.04 Å². The van der Waals surface area contributed by atoms with Gasteiger partial charge >= 0.3 is 0 Å². The van der Waals surface area contributed by atoms with Crippen LogP contribution in [-0.2, 0) is 0 Å². The van der Waals surface area contributed by atoms with Crippen LogP contribution < -0.4 is 5.32 Å². The zero-order valence-corrected chi connectivity index (χ0v) is 13.0. The van der Waals surface area contributed by atoms with Crippen LogP contribution in [0.5, 0.6) is 0 Å². The fraction of sp³-hybridized carbons (Fsp3) is 1.00. The van der Waals surface area contributed by atoms with Crippen molar-refractivity contribution in [3.8, 4) is 0 Å². The van der Waals surface area contributed by atoms with Gasteiger partial charge in [-0.15, -0.1) is 0 Å². The first-order valence-corrected chi connectivity index (χ1v) is 8.56. The summed E-state index contributed by atoms with van der Waals surface area (Å²) in [7, 11) is 0. The van der Waals surface area contributed by atoms with E-state index in [9.17, 15) is 0 Å². The molecule has 0 radical (unpaired) electrons.